The maximum absolute atomic E-state index is 14.1. The molecule has 1 aromatic heterocycles. The Hall–Kier alpha value is -3.30. The van der Waals surface area contributed by atoms with Gasteiger partial charge in [0.25, 0.3) is 5.91 Å². The standard InChI is InChI=1S/C26H26F2N2O4S/c1-33-13-12-29(26(32)18-5-4-6-19(27)15-18)16-25(31)30-11-9-24-20(10-14-35-24)22(30)17-34-23-8-3-2-7-21(23)28/h2-8,10,14-15,22H,9,11-13,16-17H2,1H3. The van der Waals surface area contributed by atoms with Crippen LogP contribution in [0.4, 0.5) is 8.78 Å². The smallest absolute Gasteiger partial charge is 0.254 e. The molecule has 1 unspecified atom stereocenters. The van der Waals surface area contributed by atoms with Crippen molar-refractivity contribution in [1.82, 2.24) is 9.80 Å². The quantitative estimate of drug-likeness (QED) is 0.439. The van der Waals surface area contributed by atoms with Crippen LogP contribution < -0.4 is 4.74 Å². The lowest BCUT2D eigenvalue weighted by molar-refractivity contribution is -0.135. The molecular weight excluding hydrogens is 474 g/mol. The predicted octanol–water partition coefficient (Wildman–Crippen LogP) is 4.32. The Morgan fingerprint density at radius 3 is 2.74 bits per heavy atom. The minimum absolute atomic E-state index is 0.0757. The largest absolute Gasteiger partial charge is 0.488 e. The van der Waals surface area contributed by atoms with E-state index in [4.69, 9.17) is 9.47 Å². The summed E-state index contributed by atoms with van der Waals surface area (Å²) in [5, 5.41) is 1.97. The number of nitrogens with zero attached hydrogens (tertiary/aromatic N) is 2. The van der Waals surface area contributed by atoms with Crippen molar-refractivity contribution in [3.63, 3.8) is 0 Å². The van der Waals surface area contributed by atoms with Crippen LogP contribution in [0.1, 0.15) is 26.8 Å². The summed E-state index contributed by atoms with van der Waals surface area (Å²) in [4.78, 5) is 30.8. The number of hydrogen-bond acceptors (Lipinski definition) is 5. The Morgan fingerprint density at radius 1 is 1.14 bits per heavy atom. The summed E-state index contributed by atoms with van der Waals surface area (Å²) in [7, 11) is 1.51. The maximum atomic E-state index is 14.1. The fourth-order valence-electron chi connectivity index (χ4n) is 4.12. The fourth-order valence-corrected chi connectivity index (χ4v) is 5.05. The van der Waals surface area contributed by atoms with Crippen LogP contribution in [0.3, 0.4) is 0 Å². The number of rotatable bonds is 9. The zero-order chi connectivity index (χ0) is 24.8. The van der Waals surface area contributed by atoms with Crippen LogP contribution in [0.2, 0.25) is 0 Å². The van der Waals surface area contributed by atoms with Crippen molar-refractivity contribution in [2.24, 2.45) is 0 Å². The second-order valence-electron chi connectivity index (χ2n) is 8.12. The summed E-state index contributed by atoms with van der Waals surface area (Å²) < 4.78 is 38.7. The first kappa shape index (κ1) is 24.8. The molecule has 1 aliphatic heterocycles. The van der Waals surface area contributed by atoms with Gasteiger partial charge in [-0.05, 0) is 53.8 Å². The molecule has 4 rings (SSSR count). The van der Waals surface area contributed by atoms with E-state index in [1.165, 1.54) is 36.3 Å². The van der Waals surface area contributed by atoms with Gasteiger partial charge in [0.05, 0.1) is 12.6 Å². The number of carbonyl (C=O) groups excluding carboxylic acids is 2. The van der Waals surface area contributed by atoms with E-state index in [9.17, 15) is 18.4 Å². The summed E-state index contributed by atoms with van der Waals surface area (Å²) in [6.45, 7) is 0.721. The van der Waals surface area contributed by atoms with Crippen LogP contribution in [-0.2, 0) is 16.0 Å². The lowest BCUT2D eigenvalue weighted by Crippen LogP contribution is -2.48. The molecule has 3 aromatic rings. The number of hydrogen-bond donors (Lipinski definition) is 0. The number of para-hydroxylation sites is 1. The third-order valence-electron chi connectivity index (χ3n) is 5.90. The van der Waals surface area contributed by atoms with Crippen LogP contribution in [0.5, 0.6) is 5.75 Å². The molecule has 6 nitrogen and oxygen atoms in total. The van der Waals surface area contributed by atoms with Gasteiger partial charge in [-0.25, -0.2) is 8.78 Å². The minimum atomic E-state index is -0.528. The van der Waals surface area contributed by atoms with Gasteiger partial charge in [-0.15, -0.1) is 11.3 Å². The van der Waals surface area contributed by atoms with Crippen molar-refractivity contribution in [2.75, 3.05) is 40.0 Å². The van der Waals surface area contributed by atoms with Crippen molar-refractivity contribution >= 4 is 23.2 Å². The van der Waals surface area contributed by atoms with E-state index in [2.05, 4.69) is 0 Å². The van der Waals surface area contributed by atoms with Crippen molar-refractivity contribution in [3.05, 3.63) is 87.6 Å². The van der Waals surface area contributed by atoms with E-state index < -0.39 is 23.6 Å². The molecule has 1 aliphatic rings. The van der Waals surface area contributed by atoms with Crippen molar-refractivity contribution in [1.29, 1.82) is 0 Å². The predicted molar refractivity (Wildman–Crippen MR) is 129 cm³/mol. The molecule has 184 valence electrons. The number of ether oxygens (including phenoxy) is 2. The summed E-state index contributed by atoms with van der Waals surface area (Å²) in [6.07, 6.45) is 0.685. The van der Waals surface area contributed by atoms with Gasteiger partial charge < -0.3 is 19.3 Å². The number of thiophene rings is 1. The monoisotopic (exact) mass is 500 g/mol. The first-order valence-corrected chi connectivity index (χ1v) is 12.1. The zero-order valence-electron chi connectivity index (χ0n) is 19.3. The Bertz CT molecular complexity index is 1190. The molecule has 0 saturated carbocycles. The highest BCUT2D eigenvalue weighted by Crippen LogP contribution is 2.34. The number of fused-ring (bicyclic) bond motifs is 1. The molecule has 0 spiro atoms. The van der Waals surface area contributed by atoms with Crippen LogP contribution in [0.15, 0.2) is 60.0 Å². The van der Waals surface area contributed by atoms with Gasteiger partial charge >= 0.3 is 0 Å². The number of methoxy groups -OCH3 is 1. The van der Waals surface area contributed by atoms with Gasteiger partial charge in [0.2, 0.25) is 5.91 Å². The second kappa shape index (κ2) is 11.4. The molecular formula is C26H26F2N2O4S. The highest BCUT2D eigenvalue weighted by molar-refractivity contribution is 7.10. The van der Waals surface area contributed by atoms with E-state index >= 15 is 0 Å². The number of halogens is 2. The van der Waals surface area contributed by atoms with Crippen LogP contribution in [-0.4, -0.2) is 61.6 Å². The molecule has 0 saturated heterocycles. The first-order chi connectivity index (χ1) is 17.0. The van der Waals surface area contributed by atoms with Gasteiger partial charge in [-0.2, -0.15) is 0 Å². The molecule has 0 N–H and O–H groups in total. The van der Waals surface area contributed by atoms with Crippen molar-refractivity contribution in [3.8, 4) is 5.75 Å². The summed E-state index contributed by atoms with van der Waals surface area (Å²) >= 11 is 1.61. The van der Waals surface area contributed by atoms with Crippen molar-refractivity contribution in [2.45, 2.75) is 12.5 Å². The van der Waals surface area contributed by atoms with Crippen LogP contribution in [0, 0.1) is 11.6 Å². The molecule has 2 heterocycles. The topological polar surface area (TPSA) is 59.1 Å². The second-order valence-corrected chi connectivity index (χ2v) is 9.12. The van der Waals surface area contributed by atoms with Crippen molar-refractivity contribution < 1.29 is 27.8 Å². The van der Waals surface area contributed by atoms with Crippen LogP contribution >= 0.6 is 11.3 Å². The molecule has 2 aromatic carbocycles. The third-order valence-corrected chi connectivity index (χ3v) is 6.90. The third kappa shape index (κ3) is 5.86. The van der Waals surface area contributed by atoms with E-state index in [1.54, 1.807) is 34.4 Å². The van der Waals surface area contributed by atoms with E-state index in [-0.39, 0.29) is 43.5 Å². The summed E-state index contributed by atoms with van der Waals surface area (Å²) in [5.41, 5.74) is 1.12. The molecule has 0 fully saturated rings. The number of benzene rings is 2. The van der Waals surface area contributed by atoms with Gasteiger partial charge in [-0.1, -0.05) is 18.2 Å². The molecule has 2 amide bonds. The average molecular weight is 501 g/mol. The Kier molecular flexibility index (Phi) is 8.09. The lowest BCUT2D eigenvalue weighted by Gasteiger charge is -2.37. The van der Waals surface area contributed by atoms with E-state index in [0.29, 0.717) is 13.0 Å². The minimum Gasteiger partial charge on any atom is -0.488 e. The van der Waals surface area contributed by atoms with E-state index in [1.807, 2.05) is 11.4 Å². The molecule has 35 heavy (non-hydrogen) atoms. The molecule has 0 radical (unpaired) electrons. The Balaban J connectivity index is 1.53. The fraction of sp³-hybridized carbons (Fsp3) is 0.308. The summed E-state index contributed by atoms with van der Waals surface area (Å²) in [6, 6.07) is 13.0. The highest BCUT2D eigenvalue weighted by Gasteiger charge is 2.33. The van der Waals surface area contributed by atoms with Gasteiger partial charge in [0.15, 0.2) is 11.6 Å². The molecule has 0 aliphatic carbocycles. The van der Waals surface area contributed by atoms with Gasteiger partial charge in [0, 0.05) is 30.6 Å². The SMILES string of the molecule is COCCN(CC(=O)N1CCc2sccc2C1COc1ccccc1F)C(=O)c1cccc(F)c1. The number of amides is 2. The molecule has 0 bridgehead atoms. The normalized spacial score (nSPS) is 14.9. The van der Waals surface area contributed by atoms with E-state index in [0.717, 1.165) is 16.5 Å². The first-order valence-electron chi connectivity index (χ1n) is 11.2. The lowest BCUT2D eigenvalue weighted by atomic mass is 10.0. The Labute approximate surface area is 206 Å². The molecule has 9 heteroatoms. The number of carbonyl (C=O) groups is 2. The van der Waals surface area contributed by atoms with Crippen LogP contribution in [0.25, 0.3) is 0 Å². The highest BCUT2D eigenvalue weighted by atomic mass is 32.1. The van der Waals surface area contributed by atoms with Gasteiger partial charge in [0.1, 0.15) is 19.0 Å². The molecule has 1 atom stereocenters. The van der Waals surface area contributed by atoms with Gasteiger partial charge in [-0.3, -0.25) is 9.59 Å². The average Bonchev–Trinajstić information content (AvgIpc) is 3.34. The summed E-state index contributed by atoms with van der Waals surface area (Å²) in [5.74, 6) is -1.62. The maximum Gasteiger partial charge on any atom is 0.254 e. The Morgan fingerprint density at radius 2 is 1.97 bits per heavy atom. The zero-order valence-corrected chi connectivity index (χ0v) is 20.1.